The highest BCUT2D eigenvalue weighted by molar-refractivity contribution is 5.93. The Labute approximate surface area is 108 Å². The predicted octanol–water partition coefficient (Wildman–Crippen LogP) is 1.69. The van der Waals surface area contributed by atoms with Crippen LogP contribution in [0.2, 0.25) is 0 Å². The Bertz CT molecular complexity index is 457. The van der Waals surface area contributed by atoms with Crippen LogP contribution in [0.1, 0.15) is 38.1 Å². The Hall–Kier alpha value is -1.65. The minimum atomic E-state index is -0.000499. The molecule has 0 aliphatic carbocycles. The lowest BCUT2D eigenvalue weighted by atomic mass is 9.92. The van der Waals surface area contributed by atoms with Gasteiger partial charge in [-0.05, 0) is 38.7 Å². The minimum Gasteiger partial charge on any atom is -0.382 e. The topological polar surface area (TPSA) is 78.9 Å². The lowest BCUT2D eigenvalue weighted by Gasteiger charge is -2.38. The number of aryl methyl sites for hydroxylation is 1. The molecule has 0 aromatic carbocycles. The van der Waals surface area contributed by atoms with E-state index in [1.54, 1.807) is 6.07 Å². The first kappa shape index (κ1) is 12.8. The van der Waals surface area contributed by atoms with Gasteiger partial charge in [-0.3, -0.25) is 5.41 Å². The monoisotopic (exact) mass is 247 g/mol. The van der Waals surface area contributed by atoms with E-state index in [1.165, 1.54) is 6.42 Å². The molecule has 0 amide bonds. The van der Waals surface area contributed by atoms with Gasteiger partial charge in [-0.1, -0.05) is 6.92 Å². The number of amidine groups is 1. The molecule has 3 N–H and O–H groups in total. The van der Waals surface area contributed by atoms with Crippen molar-refractivity contribution in [3.63, 3.8) is 0 Å². The van der Waals surface area contributed by atoms with Gasteiger partial charge in [-0.15, -0.1) is 0 Å². The van der Waals surface area contributed by atoms with Crippen molar-refractivity contribution in [1.29, 1.82) is 5.41 Å². The SMILES string of the molecule is Cc1cc(C(=N)N)nc(N2CCCC(C)C2C)n1. The number of nitrogens with two attached hydrogens (primary N) is 1. The summed E-state index contributed by atoms with van der Waals surface area (Å²) in [5, 5.41) is 7.50. The van der Waals surface area contributed by atoms with Crippen molar-refractivity contribution in [2.75, 3.05) is 11.4 Å². The molecule has 1 aromatic heterocycles. The van der Waals surface area contributed by atoms with Crippen LogP contribution in [-0.4, -0.2) is 28.4 Å². The fourth-order valence-electron chi connectivity index (χ4n) is 2.44. The summed E-state index contributed by atoms with van der Waals surface area (Å²) in [6.45, 7) is 7.36. The maximum atomic E-state index is 7.50. The van der Waals surface area contributed by atoms with Crippen LogP contribution in [0.3, 0.4) is 0 Å². The fourth-order valence-corrected chi connectivity index (χ4v) is 2.44. The summed E-state index contributed by atoms with van der Waals surface area (Å²) in [5.41, 5.74) is 6.89. The summed E-state index contributed by atoms with van der Waals surface area (Å²) in [4.78, 5) is 11.1. The lowest BCUT2D eigenvalue weighted by Crippen LogP contribution is -2.43. The van der Waals surface area contributed by atoms with Crippen LogP contribution in [0.4, 0.5) is 5.95 Å². The van der Waals surface area contributed by atoms with Gasteiger partial charge < -0.3 is 10.6 Å². The quantitative estimate of drug-likeness (QED) is 0.616. The molecular formula is C13H21N5. The van der Waals surface area contributed by atoms with Crippen molar-refractivity contribution in [3.8, 4) is 0 Å². The van der Waals surface area contributed by atoms with E-state index in [-0.39, 0.29) is 5.84 Å². The first-order valence-electron chi connectivity index (χ1n) is 6.45. The first-order chi connectivity index (χ1) is 8.49. The van der Waals surface area contributed by atoms with Crippen molar-refractivity contribution in [2.24, 2.45) is 11.7 Å². The number of nitrogen functional groups attached to an aromatic ring is 1. The molecule has 0 bridgehead atoms. The highest BCUT2D eigenvalue weighted by Gasteiger charge is 2.26. The van der Waals surface area contributed by atoms with Gasteiger partial charge in [0.1, 0.15) is 11.5 Å². The van der Waals surface area contributed by atoms with Crippen molar-refractivity contribution < 1.29 is 0 Å². The smallest absolute Gasteiger partial charge is 0.226 e. The summed E-state index contributed by atoms with van der Waals surface area (Å²) in [6.07, 6.45) is 2.42. The van der Waals surface area contributed by atoms with Gasteiger partial charge in [0.15, 0.2) is 0 Å². The first-order valence-corrected chi connectivity index (χ1v) is 6.45. The second-order valence-electron chi connectivity index (χ2n) is 5.16. The largest absolute Gasteiger partial charge is 0.382 e. The maximum absolute atomic E-state index is 7.50. The Morgan fingerprint density at radius 3 is 2.83 bits per heavy atom. The number of rotatable bonds is 2. The Morgan fingerprint density at radius 2 is 2.17 bits per heavy atom. The minimum absolute atomic E-state index is 0.000499. The second kappa shape index (κ2) is 4.92. The van der Waals surface area contributed by atoms with Crippen LogP contribution in [0.5, 0.6) is 0 Å². The van der Waals surface area contributed by atoms with Gasteiger partial charge in [-0.25, -0.2) is 9.97 Å². The number of hydrogen-bond acceptors (Lipinski definition) is 4. The fraction of sp³-hybridized carbons (Fsp3) is 0.615. The number of nitrogens with one attached hydrogen (secondary N) is 1. The molecule has 0 saturated carbocycles. The highest BCUT2D eigenvalue weighted by atomic mass is 15.3. The number of nitrogens with zero attached hydrogens (tertiary/aromatic N) is 3. The van der Waals surface area contributed by atoms with Crippen LogP contribution in [0.15, 0.2) is 6.07 Å². The maximum Gasteiger partial charge on any atom is 0.226 e. The third kappa shape index (κ3) is 2.44. The van der Waals surface area contributed by atoms with Crippen LogP contribution in [0, 0.1) is 18.3 Å². The number of anilines is 1. The summed E-state index contributed by atoms with van der Waals surface area (Å²) in [6, 6.07) is 2.18. The molecular weight excluding hydrogens is 226 g/mol. The zero-order valence-electron chi connectivity index (χ0n) is 11.3. The predicted molar refractivity (Wildman–Crippen MR) is 73.0 cm³/mol. The van der Waals surface area contributed by atoms with Crippen LogP contribution < -0.4 is 10.6 Å². The standard InChI is InChI=1S/C13H21N5/c1-8-5-4-6-18(10(8)3)13-16-9(2)7-11(17-13)12(14)15/h7-8,10H,4-6H2,1-3H3,(H3,14,15). The van der Waals surface area contributed by atoms with E-state index in [4.69, 9.17) is 11.1 Å². The molecule has 1 saturated heterocycles. The zero-order chi connectivity index (χ0) is 13.3. The summed E-state index contributed by atoms with van der Waals surface area (Å²) in [5.74, 6) is 1.35. The van der Waals surface area contributed by atoms with E-state index in [0.29, 0.717) is 23.6 Å². The van der Waals surface area contributed by atoms with Gasteiger partial charge in [-0.2, -0.15) is 0 Å². The van der Waals surface area contributed by atoms with Crippen LogP contribution in [0.25, 0.3) is 0 Å². The molecule has 2 atom stereocenters. The van der Waals surface area contributed by atoms with E-state index in [0.717, 1.165) is 18.7 Å². The molecule has 0 spiro atoms. The normalized spacial score (nSPS) is 24.1. The van der Waals surface area contributed by atoms with Crippen molar-refractivity contribution in [1.82, 2.24) is 9.97 Å². The summed E-state index contributed by atoms with van der Waals surface area (Å²) >= 11 is 0. The number of hydrogen-bond donors (Lipinski definition) is 2. The molecule has 18 heavy (non-hydrogen) atoms. The van der Waals surface area contributed by atoms with Gasteiger partial charge in [0.2, 0.25) is 5.95 Å². The van der Waals surface area contributed by atoms with E-state index in [1.807, 2.05) is 6.92 Å². The highest BCUT2D eigenvalue weighted by Crippen LogP contribution is 2.26. The molecule has 2 rings (SSSR count). The molecule has 1 fully saturated rings. The molecule has 2 heterocycles. The third-order valence-electron chi connectivity index (χ3n) is 3.75. The van der Waals surface area contributed by atoms with Crippen molar-refractivity contribution >= 4 is 11.8 Å². The second-order valence-corrected chi connectivity index (χ2v) is 5.16. The molecule has 0 radical (unpaired) electrons. The molecule has 5 heteroatoms. The molecule has 1 aliphatic rings. The Morgan fingerprint density at radius 1 is 1.44 bits per heavy atom. The molecule has 1 aliphatic heterocycles. The van der Waals surface area contributed by atoms with E-state index < -0.39 is 0 Å². The van der Waals surface area contributed by atoms with Gasteiger partial charge >= 0.3 is 0 Å². The van der Waals surface area contributed by atoms with Crippen molar-refractivity contribution in [2.45, 2.75) is 39.7 Å². The lowest BCUT2D eigenvalue weighted by molar-refractivity contribution is 0.359. The van der Waals surface area contributed by atoms with Crippen LogP contribution >= 0.6 is 0 Å². The Kier molecular flexibility index (Phi) is 3.50. The molecule has 2 unspecified atom stereocenters. The number of piperidine rings is 1. The Balaban J connectivity index is 2.35. The van der Waals surface area contributed by atoms with E-state index in [9.17, 15) is 0 Å². The summed E-state index contributed by atoms with van der Waals surface area (Å²) in [7, 11) is 0. The third-order valence-corrected chi connectivity index (χ3v) is 3.75. The van der Waals surface area contributed by atoms with Gasteiger partial charge in [0.25, 0.3) is 0 Å². The zero-order valence-corrected chi connectivity index (χ0v) is 11.3. The van der Waals surface area contributed by atoms with E-state index >= 15 is 0 Å². The van der Waals surface area contributed by atoms with Crippen LogP contribution in [-0.2, 0) is 0 Å². The molecule has 1 aromatic rings. The van der Waals surface area contributed by atoms with Gasteiger partial charge in [0.05, 0.1) is 0 Å². The van der Waals surface area contributed by atoms with Gasteiger partial charge in [0, 0.05) is 18.3 Å². The molecule has 5 nitrogen and oxygen atoms in total. The van der Waals surface area contributed by atoms with E-state index in [2.05, 4.69) is 28.7 Å². The average molecular weight is 247 g/mol. The molecule has 98 valence electrons. The van der Waals surface area contributed by atoms with Crippen molar-refractivity contribution in [3.05, 3.63) is 17.5 Å². The summed E-state index contributed by atoms with van der Waals surface area (Å²) < 4.78 is 0. The average Bonchev–Trinajstić information content (AvgIpc) is 2.31. The number of aromatic nitrogens is 2.